The SMILES string of the molecule is CC(C)(C)N1CCC(NC(N)=S)CC1. The van der Waals surface area contributed by atoms with Crippen LogP contribution in [0, 0.1) is 0 Å². The number of nitrogens with one attached hydrogen (secondary N) is 1. The van der Waals surface area contributed by atoms with Crippen molar-refractivity contribution in [3.63, 3.8) is 0 Å². The van der Waals surface area contributed by atoms with Gasteiger partial charge in [-0.1, -0.05) is 0 Å². The highest BCUT2D eigenvalue weighted by molar-refractivity contribution is 7.80. The van der Waals surface area contributed by atoms with Crippen LogP contribution >= 0.6 is 12.2 Å². The monoisotopic (exact) mass is 215 g/mol. The lowest BCUT2D eigenvalue weighted by atomic mass is 9.98. The molecule has 0 bridgehead atoms. The van der Waals surface area contributed by atoms with Crippen molar-refractivity contribution in [1.29, 1.82) is 0 Å². The number of hydrogen-bond acceptors (Lipinski definition) is 2. The molecule has 1 fully saturated rings. The van der Waals surface area contributed by atoms with Crippen LogP contribution in [0.1, 0.15) is 33.6 Å². The molecule has 0 amide bonds. The third kappa shape index (κ3) is 3.42. The highest BCUT2D eigenvalue weighted by Gasteiger charge is 2.26. The summed E-state index contributed by atoms with van der Waals surface area (Å²) in [6.07, 6.45) is 2.27. The predicted molar refractivity (Wildman–Crippen MR) is 64.3 cm³/mol. The van der Waals surface area contributed by atoms with E-state index in [4.69, 9.17) is 18.0 Å². The van der Waals surface area contributed by atoms with Gasteiger partial charge in [0.1, 0.15) is 0 Å². The first kappa shape index (κ1) is 11.7. The highest BCUT2D eigenvalue weighted by Crippen LogP contribution is 2.19. The van der Waals surface area contributed by atoms with E-state index in [0.29, 0.717) is 11.2 Å². The normalized spacial score (nSPS) is 20.8. The Morgan fingerprint density at radius 1 is 1.36 bits per heavy atom. The van der Waals surface area contributed by atoms with Crippen LogP contribution in [0.15, 0.2) is 0 Å². The molecule has 0 spiro atoms. The fourth-order valence-corrected chi connectivity index (χ4v) is 2.06. The van der Waals surface area contributed by atoms with Crippen LogP contribution in [0.3, 0.4) is 0 Å². The molecular weight excluding hydrogens is 194 g/mol. The number of rotatable bonds is 1. The van der Waals surface area contributed by atoms with Gasteiger partial charge in [0.25, 0.3) is 0 Å². The second-order valence-corrected chi connectivity index (χ2v) is 5.38. The zero-order chi connectivity index (χ0) is 10.8. The molecule has 3 nitrogen and oxygen atoms in total. The molecule has 0 aromatic rings. The second kappa shape index (κ2) is 4.45. The molecule has 4 heteroatoms. The van der Waals surface area contributed by atoms with Gasteiger partial charge in [0, 0.05) is 24.7 Å². The summed E-state index contributed by atoms with van der Waals surface area (Å²) in [7, 11) is 0. The van der Waals surface area contributed by atoms with E-state index in [1.165, 1.54) is 0 Å². The fraction of sp³-hybridized carbons (Fsp3) is 0.900. The lowest BCUT2D eigenvalue weighted by Crippen LogP contribution is -2.51. The minimum Gasteiger partial charge on any atom is -0.376 e. The summed E-state index contributed by atoms with van der Waals surface area (Å²) in [4.78, 5) is 2.50. The van der Waals surface area contributed by atoms with E-state index in [9.17, 15) is 0 Å². The van der Waals surface area contributed by atoms with Crippen molar-refractivity contribution in [2.45, 2.75) is 45.2 Å². The van der Waals surface area contributed by atoms with Crippen molar-refractivity contribution in [3.8, 4) is 0 Å². The third-order valence-electron chi connectivity index (χ3n) is 2.79. The number of thiocarbonyl (C=S) groups is 1. The Labute approximate surface area is 92.0 Å². The van der Waals surface area contributed by atoms with Crippen molar-refractivity contribution >= 4 is 17.3 Å². The Bertz CT molecular complexity index is 202. The molecule has 82 valence electrons. The minimum absolute atomic E-state index is 0.286. The molecule has 1 rings (SSSR count). The molecule has 3 N–H and O–H groups in total. The van der Waals surface area contributed by atoms with Crippen LogP contribution < -0.4 is 11.1 Å². The summed E-state index contributed by atoms with van der Waals surface area (Å²) in [6.45, 7) is 9.03. The second-order valence-electron chi connectivity index (χ2n) is 4.94. The molecule has 0 unspecified atom stereocenters. The lowest BCUT2D eigenvalue weighted by Gasteiger charge is -2.41. The molecule has 0 aromatic heterocycles. The first-order valence-corrected chi connectivity index (χ1v) is 5.61. The number of likely N-dealkylation sites (tertiary alicyclic amines) is 1. The van der Waals surface area contributed by atoms with Gasteiger partial charge in [0.2, 0.25) is 0 Å². The zero-order valence-corrected chi connectivity index (χ0v) is 10.2. The molecule has 14 heavy (non-hydrogen) atoms. The summed E-state index contributed by atoms with van der Waals surface area (Å²) in [5.41, 5.74) is 5.74. The quantitative estimate of drug-likeness (QED) is 0.642. The van der Waals surface area contributed by atoms with E-state index < -0.39 is 0 Å². The Hall–Kier alpha value is -0.350. The summed E-state index contributed by atoms with van der Waals surface area (Å²) in [5.74, 6) is 0. The van der Waals surface area contributed by atoms with E-state index in [1.54, 1.807) is 0 Å². The van der Waals surface area contributed by atoms with Gasteiger partial charge in [-0.15, -0.1) is 0 Å². The maximum absolute atomic E-state index is 5.45. The van der Waals surface area contributed by atoms with Gasteiger partial charge in [-0.25, -0.2) is 0 Å². The molecule has 0 radical (unpaired) electrons. The molecule has 1 aliphatic rings. The number of hydrogen-bond donors (Lipinski definition) is 2. The average molecular weight is 215 g/mol. The van der Waals surface area contributed by atoms with Gasteiger partial charge < -0.3 is 11.1 Å². The van der Waals surface area contributed by atoms with E-state index in [2.05, 4.69) is 31.0 Å². The van der Waals surface area contributed by atoms with E-state index in [0.717, 1.165) is 25.9 Å². The minimum atomic E-state index is 0.286. The van der Waals surface area contributed by atoms with Gasteiger partial charge >= 0.3 is 0 Å². The Kier molecular flexibility index (Phi) is 3.72. The van der Waals surface area contributed by atoms with Crippen LogP contribution in [0.5, 0.6) is 0 Å². The average Bonchev–Trinajstić information content (AvgIpc) is 2.02. The van der Waals surface area contributed by atoms with Crippen LogP contribution in [0.2, 0.25) is 0 Å². The van der Waals surface area contributed by atoms with Crippen molar-refractivity contribution in [2.24, 2.45) is 5.73 Å². The first-order chi connectivity index (χ1) is 6.39. The van der Waals surface area contributed by atoms with Gasteiger partial charge in [0.05, 0.1) is 0 Å². The van der Waals surface area contributed by atoms with Crippen LogP contribution in [0.25, 0.3) is 0 Å². The predicted octanol–water partition coefficient (Wildman–Crippen LogP) is 1.08. The van der Waals surface area contributed by atoms with Crippen molar-refractivity contribution in [2.75, 3.05) is 13.1 Å². The standard InChI is InChI=1S/C10H21N3S/c1-10(2,3)13-6-4-8(5-7-13)12-9(11)14/h8H,4-7H2,1-3H3,(H3,11,12,14). The number of piperidine rings is 1. The number of nitrogens with zero attached hydrogens (tertiary/aromatic N) is 1. The van der Waals surface area contributed by atoms with Crippen LogP contribution in [0.4, 0.5) is 0 Å². The van der Waals surface area contributed by atoms with Crippen LogP contribution in [-0.2, 0) is 0 Å². The fourth-order valence-electron chi connectivity index (χ4n) is 1.90. The maximum atomic E-state index is 5.45. The summed E-state index contributed by atoms with van der Waals surface area (Å²) in [6, 6.07) is 0.478. The van der Waals surface area contributed by atoms with Gasteiger partial charge in [-0.2, -0.15) is 0 Å². The van der Waals surface area contributed by atoms with Gasteiger partial charge in [0.15, 0.2) is 5.11 Å². The summed E-state index contributed by atoms with van der Waals surface area (Å²) in [5, 5.41) is 3.57. The van der Waals surface area contributed by atoms with Crippen LogP contribution in [-0.4, -0.2) is 34.7 Å². The van der Waals surface area contributed by atoms with Crippen molar-refractivity contribution in [1.82, 2.24) is 10.2 Å². The zero-order valence-electron chi connectivity index (χ0n) is 9.34. The lowest BCUT2D eigenvalue weighted by molar-refractivity contribution is 0.0999. The molecule has 1 aliphatic heterocycles. The Balaban J connectivity index is 2.35. The molecule has 1 saturated heterocycles. The third-order valence-corrected chi connectivity index (χ3v) is 2.91. The molecule has 0 aliphatic carbocycles. The van der Waals surface area contributed by atoms with E-state index in [-0.39, 0.29) is 5.54 Å². The number of nitrogens with two attached hydrogens (primary N) is 1. The molecule has 0 atom stereocenters. The van der Waals surface area contributed by atoms with Crippen molar-refractivity contribution < 1.29 is 0 Å². The summed E-state index contributed by atoms with van der Waals surface area (Å²) < 4.78 is 0. The van der Waals surface area contributed by atoms with Gasteiger partial charge in [-0.05, 0) is 45.8 Å². The largest absolute Gasteiger partial charge is 0.376 e. The smallest absolute Gasteiger partial charge is 0.163 e. The van der Waals surface area contributed by atoms with Gasteiger partial charge in [-0.3, -0.25) is 4.90 Å². The maximum Gasteiger partial charge on any atom is 0.163 e. The van der Waals surface area contributed by atoms with Crippen molar-refractivity contribution in [3.05, 3.63) is 0 Å². The first-order valence-electron chi connectivity index (χ1n) is 5.20. The Morgan fingerprint density at radius 3 is 2.21 bits per heavy atom. The highest BCUT2D eigenvalue weighted by atomic mass is 32.1. The topological polar surface area (TPSA) is 41.3 Å². The Morgan fingerprint density at radius 2 is 1.86 bits per heavy atom. The molecule has 0 saturated carbocycles. The van der Waals surface area contributed by atoms with E-state index in [1.807, 2.05) is 0 Å². The molecule has 0 aromatic carbocycles. The van der Waals surface area contributed by atoms with E-state index >= 15 is 0 Å². The molecular formula is C10H21N3S. The summed E-state index contributed by atoms with van der Waals surface area (Å²) >= 11 is 4.83. The molecule has 1 heterocycles.